The molecule has 7 rings (SSSR count). The van der Waals surface area contributed by atoms with Crippen molar-refractivity contribution in [2.24, 2.45) is 5.41 Å². The fraction of sp³-hybridized carbons (Fsp3) is 0.583. The molecule has 2 aliphatic heterocycles. The third kappa shape index (κ3) is 5.72. The minimum Gasteiger partial charge on any atom is -0.333 e. The lowest BCUT2D eigenvalue weighted by molar-refractivity contribution is 0.194. The first-order chi connectivity index (χ1) is 24.1. The molecule has 280 valence electrons. The average Bonchev–Trinajstić information content (AvgIpc) is 3.44. The van der Waals surface area contributed by atoms with Gasteiger partial charge in [-0.15, -0.1) is 11.8 Å². The smallest absolute Gasteiger partial charge is 0.0883 e. The quantitative estimate of drug-likeness (QED) is 0.263. The standard InChI is InChI=1S/C48H65ClN2S/c1-42(2,3)32-18-21-35(22-19-32)50(40-31-52-48(13)27-17-15-25-46(40,48)11)38-29-34(44(7,8)9)30-39(41(38)49)51-37-23-20-33(43(4,5)6)28-36(37)45(10)24-14-16-26-47(45,51)12/h18-23,28-31H,14-17,24-27H2,1-13H3. The van der Waals surface area contributed by atoms with Crippen molar-refractivity contribution < 1.29 is 0 Å². The molecule has 0 aromatic heterocycles. The van der Waals surface area contributed by atoms with Crippen LogP contribution >= 0.6 is 23.4 Å². The molecule has 2 aliphatic carbocycles. The molecule has 0 saturated heterocycles. The summed E-state index contributed by atoms with van der Waals surface area (Å²) >= 11 is 10.1. The van der Waals surface area contributed by atoms with E-state index in [0.717, 1.165) is 22.8 Å². The number of hydrogen-bond donors (Lipinski definition) is 0. The first-order valence-electron chi connectivity index (χ1n) is 20.1. The summed E-state index contributed by atoms with van der Waals surface area (Å²) in [5, 5.41) is 3.36. The SMILES string of the molecule is CC(C)(C)c1ccc(N(C2=CSC3(C)CCCCC23C)c2cc(C(C)(C)C)cc(N3c4ccc(C(C)(C)C)cc4C4(C)CCCCC34C)c2Cl)cc1. The van der Waals surface area contributed by atoms with Crippen LogP contribution in [0, 0.1) is 5.41 Å². The van der Waals surface area contributed by atoms with E-state index in [0.29, 0.717) is 0 Å². The topological polar surface area (TPSA) is 6.48 Å². The molecule has 0 amide bonds. The number of thioether (sulfide) groups is 1. The van der Waals surface area contributed by atoms with Crippen LogP contribution in [0.1, 0.15) is 164 Å². The van der Waals surface area contributed by atoms with Crippen molar-refractivity contribution in [1.82, 2.24) is 0 Å². The monoisotopic (exact) mass is 736 g/mol. The summed E-state index contributed by atoms with van der Waals surface area (Å²) < 4.78 is 0.164. The van der Waals surface area contributed by atoms with Gasteiger partial charge in [-0.25, -0.2) is 0 Å². The first kappa shape index (κ1) is 37.9. The van der Waals surface area contributed by atoms with E-state index in [-0.39, 0.29) is 37.4 Å². The highest BCUT2D eigenvalue weighted by Crippen LogP contribution is 2.66. The van der Waals surface area contributed by atoms with Crippen molar-refractivity contribution in [2.75, 3.05) is 9.80 Å². The van der Waals surface area contributed by atoms with Crippen molar-refractivity contribution in [3.05, 3.63) is 93.0 Å². The maximum atomic E-state index is 8.08. The number of benzene rings is 3. The zero-order valence-corrected chi connectivity index (χ0v) is 36.2. The molecular weight excluding hydrogens is 672 g/mol. The predicted molar refractivity (Wildman–Crippen MR) is 230 cm³/mol. The molecule has 2 heterocycles. The van der Waals surface area contributed by atoms with Gasteiger partial charge in [-0.3, -0.25) is 0 Å². The van der Waals surface area contributed by atoms with Crippen molar-refractivity contribution >= 4 is 46.1 Å². The Labute approximate surface area is 326 Å². The molecule has 3 aromatic rings. The molecule has 4 atom stereocenters. The van der Waals surface area contributed by atoms with Crippen LogP contribution in [0.5, 0.6) is 0 Å². The van der Waals surface area contributed by atoms with Crippen LogP contribution in [-0.4, -0.2) is 10.3 Å². The van der Waals surface area contributed by atoms with Crippen LogP contribution in [0.15, 0.2) is 65.7 Å². The number of fused-ring (bicyclic) bond motifs is 4. The zero-order chi connectivity index (χ0) is 37.9. The van der Waals surface area contributed by atoms with Gasteiger partial charge in [-0.2, -0.15) is 0 Å². The molecule has 4 aliphatic rings. The van der Waals surface area contributed by atoms with Crippen molar-refractivity contribution in [1.29, 1.82) is 0 Å². The van der Waals surface area contributed by atoms with E-state index < -0.39 is 0 Å². The van der Waals surface area contributed by atoms with E-state index in [1.54, 1.807) is 0 Å². The highest BCUT2D eigenvalue weighted by atomic mass is 35.5. The van der Waals surface area contributed by atoms with E-state index in [2.05, 4.69) is 172 Å². The van der Waals surface area contributed by atoms with Gasteiger partial charge in [-0.1, -0.05) is 138 Å². The third-order valence-electron chi connectivity index (χ3n) is 14.3. The van der Waals surface area contributed by atoms with Gasteiger partial charge in [0.05, 0.1) is 21.9 Å². The van der Waals surface area contributed by atoms with Crippen molar-refractivity contribution in [2.45, 2.75) is 173 Å². The lowest BCUT2D eigenvalue weighted by atomic mass is 9.61. The number of anilines is 4. The Hall–Kier alpha value is -2.36. The highest BCUT2D eigenvalue weighted by Gasteiger charge is 2.59. The molecule has 0 bridgehead atoms. The first-order valence-corrected chi connectivity index (χ1v) is 21.4. The molecule has 0 spiro atoms. The van der Waals surface area contributed by atoms with Gasteiger partial charge in [0, 0.05) is 32.6 Å². The van der Waals surface area contributed by atoms with E-state index >= 15 is 0 Å². The second-order valence-corrected chi connectivity index (χ2v) is 22.5. The Kier molecular flexibility index (Phi) is 8.99. The highest BCUT2D eigenvalue weighted by molar-refractivity contribution is 8.03. The lowest BCUT2D eigenvalue weighted by Gasteiger charge is -2.51. The van der Waals surface area contributed by atoms with Gasteiger partial charge >= 0.3 is 0 Å². The van der Waals surface area contributed by atoms with Crippen LogP contribution in [0.2, 0.25) is 5.02 Å². The van der Waals surface area contributed by atoms with Gasteiger partial charge < -0.3 is 9.80 Å². The third-order valence-corrected chi connectivity index (χ3v) is 16.2. The van der Waals surface area contributed by atoms with E-state index in [4.69, 9.17) is 11.6 Å². The summed E-state index contributed by atoms with van der Waals surface area (Å²) in [6.45, 7) is 31.2. The van der Waals surface area contributed by atoms with E-state index in [1.807, 2.05) is 0 Å². The molecular formula is C48H65ClN2S. The van der Waals surface area contributed by atoms with Crippen LogP contribution in [0.4, 0.5) is 22.7 Å². The van der Waals surface area contributed by atoms with Gasteiger partial charge in [0.25, 0.3) is 0 Å². The Morgan fingerprint density at radius 1 is 0.615 bits per heavy atom. The number of halogens is 1. The number of allylic oxidation sites excluding steroid dienone is 1. The van der Waals surface area contributed by atoms with Gasteiger partial charge in [0.1, 0.15) is 0 Å². The van der Waals surface area contributed by atoms with E-state index in [1.165, 1.54) is 84.3 Å². The van der Waals surface area contributed by atoms with Crippen molar-refractivity contribution in [3.8, 4) is 0 Å². The molecule has 2 saturated carbocycles. The lowest BCUT2D eigenvalue weighted by Crippen LogP contribution is -2.54. The second-order valence-electron chi connectivity index (χ2n) is 20.7. The van der Waals surface area contributed by atoms with Crippen LogP contribution in [-0.2, 0) is 21.7 Å². The predicted octanol–water partition coefficient (Wildman–Crippen LogP) is 15.0. The Morgan fingerprint density at radius 2 is 1.17 bits per heavy atom. The summed E-state index contributed by atoms with van der Waals surface area (Å²) in [6.07, 6.45) is 9.83. The Balaban J connectivity index is 1.50. The molecule has 4 unspecified atom stereocenters. The van der Waals surface area contributed by atoms with Gasteiger partial charge in [0.15, 0.2) is 0 Å². The molecule has 52 heavy (non-hydrogen) atoms. The number of nitrogens with zero attached hydrogens (tertiary/aromatic N) is 2. The molecule has 3 aromatic carbocycles. The zero-order valence-electron chi connectivity index (χ0n) is 34.6. The minimum atomic E-state index is -0.100. The minimum absolute atomic E-state index is 0.0214. The molecule has 2 nitrogen and oxygen atoms in total. The number of rotatable bonds is 4. The van der Waals surface area contributed by atoms with Crippen LogP contribution in [0.3, 0.4) is 0 Å². The van der Waals surface area contributed by atoms with Crippen LogP contribution in [0.25, 0.3) is 0 Å². The molecule has 0 N–H and O–H groups in total. The largest absolute Gasteiger partial charge is 0.333 e. The Morgan fingerprint density at radius 3 is 1.79 bits per heavy atom. The van der Waals surface area contributed by atoms with E-state index in [9.17, 15) is 0 Å². The maximum absolute atomic E-state index is 8.08. The summed E-state index contributed by atoms with van der Waals surface area (Å²) in [4.78, 5) is 5.29. The second kappa shape index (κ2) is 12.3. The fourth-order valence-electron chi connectivity index (χ4n) is 10.1. The van der Waals surface area contributed by atoms with Crippen molar-refractivity contribution in [3.63, 3.8) is 0 Å². The maximum Gasteiger partial charge on any atom is 0.0883 e. The van der Waals surface area contributed by atoms with Gasteiger partial charge in [0.2, 0.25) is 0 Å². The molecule has 0 radical (unpaired) electrons. The summed E-state index contributed by atoms with van der Waals surface area (Å²) in [5.41, 5.74) is 11.8. The normalized spacial score (nSPS) is 29.0. The fourth-order valence-corrected chi connectivity index (χ4v) is 11.9. The summed E-state index contributed by atoms with van der Waals surface area (Å²) in [7, 11) is 0. The summed E-state index contributed by atoms with van der Waals surface area (Å²) in [5.74, 6) is 0. The Bertz CT molecular complexity index is 1900. The molecule has 4 heteroatoms. The number of hydrogen-bond acceptors (Lipinski definition) is 3. The average molecular weight is 738 g/mol. The van der Waals surface area contributed by atoms with Crippen LogP contribution < -0.4 is 9.80 Å². The van der Waals surface area contributed by atoms with Gasteiger partial charge in [-0.05, 0) is 114 Å². The summed E-state index contributed by atoms with van der Waals surface area (Å²) in [6, 6.07) is 21.6. The molecule has 2 fully saturated rings.